The minimum absolute atomic E-state index is 0.170. The second-order valence-corrected chi connectivity index (χ2v) is 8.31. The van der Waals surface area contributed by atoms with Gasteiger partial charge in [0.05, 0.1) is 6.10 Å². The molecular formula is C19H28O. The average Bonchev–Trinajstić information content (AvgIpc) is 2.81. The Hall–Kier alpha value is -0.560. The minimum atomic E-state index is -0.170. The third kappa shape index (κ3) is 1.65. The van der Waals surface area contributed by atoms with Crippen molar-refractivity contribution < 1.29 is 5.11 Å². The van der Waals surface area contributed by atoms with Crippen LogP contribution in [0.25, 0.3) is 0 Å². The van der Waals surface area contributed by atoms with Gasteiger partial charge in [-0.15, -0.1) is 0 Å². The maximum Gasteiger partial charge on any atom is 0.0724 e. The molecule has 4 rings (SSSR count). The van der Waals surface area contributed by atoms with Crippen molar-refractivity contribution >= 4 is 0 Å². The lowest BCUT2D eigenvalue weighted by atomic mass is 9.47. The van der Waals surface area contributed by atoms with E-state index in [9.17, 15) is 5.11 Å². The summed E-state index contributed by atoms with van der Waals surface area (Å²) in [4.78, 5) is 0. The lowest BCUT2D eigenvalue weighted by Gasteiger charge is -2.57. The standard InChI is InChI=1S/C19H28O/c1-18-9-3-4-16(18)15-6-5-13-12-14(20)7-11-19(13,2)17(15)8-10-18/h3,9,12,14-17,20H,4-8,10-11H2,1-2H3/t14-,15-,16-,17-,18-,19?/m0/s1. The van der Waals surface area contributed by atoms with Crippen LogP contribution in [-0.2, 0) is 0 Å². The lowest BCUT2D eigenvalue weighted by Crippen LogP contribution is -2.49. The van der Waals surface area contributed by atoms with E-state index >= 15 is 0 Å². The van der Waals surface area contributed by atoms with E-state index in [2.05, 4.69) is 32.1 Å². The van der Waals surface area contributed by atoms with Crippen LogP contribution in [0.5, 0.6) is 0 Å². The fraction of sp³-hybridized carbons (Fsp3) is 0.789. The molecule has 0 aliphatic heterocycles. The van der Waals surface area contributed by atoms with Gasteiger partial charge in [-0.1, -0.05) is 37.6 Å². The van der Waals surface area contributed by atoms with Crippen LogP contribution in [-0.4, -0.2) is 11.2 Å². The molecule has 0 radical (unpaired) electrons. The van der Waals surface area contributed by atoms with Crippen molar-refractivity contribution in [2.45, 2.75) is 64.9 Å². The van der Waals surface area contributed by atoms with Crippen LogP contribution >= 0.6 is 0 Å². The first-order chi connectivity index (χ1) is 9.53. The zero-order chi connectivity index (χ0) is 14.0. The van der Waals surface area contributed by atoms with Crippen LogP contribution in [0.15, 0.2) is 23.8 Å². The second kappa shape index (κ2) is 4.22. The Labute approximate surface area is 123 Å². The van der Waals surface area contributed by atoms with Crippen molar-refractivity contribution in [1.82, 2.24) is 0 Å². The maximum atomic E-state index is 9.96. The Morgan fingerprint density at radius 2 is 1.95 bits per heavy atom. The summed E-state index contributed by atoms with van der Waals surface area (Å²) in [7, 11) is 0. The molecular weight excluding hydrogens is 244 g/mol. The zero-order valence-electron chi connectivity index (χ0n) is 12.9. The molecule has 2 fully saturated rings. The first kappa shape index (κ1) is 13.1. The molecule has 0 heterocycles. The molecule has 20 heavy (non-hydrogen) atoms. The molecule has 0 spiro atoms. The average molecular weight is 272 g/mol. The highest BCUT2D eigenvalue weighted by Crippen LogP contribution is 2.63. The summed E-state index contributed by atoms with van der Waals surface area (Å²) < 4.78 is 0. The Bertz CT molecular complexity index is 476. The van der Waals surface area contributed by atoms with Crippen molar-refractivity contribution in [2.24, 2.45) is 28.6 Å². The van der Waals surface area contributed by atoms with Gasteiger partial charge in [-0.2, -0.15) is 0 Å². The van der Waals surface area contributed by atoms with Gasteiger partial charge in [-0.05, 0) is 73.5 Å². The van der Waals surface area contributed by atoms with Gasteiger partial charge >= 0.3 is 0 Å². The monoisotopic (exact) mass is 272 g/mol. The number of rotatable bonds is 0. The third-order valence-corrected chi connectivity index (χ3v) is 7.42. The number of hydrogen-bond acceptors (Lipinski definition) is 1. The summed E-state index contributed by atoms with van der Waals surface area (Å²) in [6.07, 6.45) is 15.9. The number of fused-ring (bicyclic) bond motifs is 5. The first-order valence-corrected chi connectivity index (χ1v) is 8.60. The molecule has 1 unspecified atom stereocenters. The summed E-state index contributed by atoms with van der Waals surface area (Å²) in [6, 6.07) is 0. The smallest absolute Gasteiger partial charge is 0.0724 e. The van der Waals surface area contributed by atoms with E-state index in [0.717, 1.165) is 24.2 Å². The molecule has 0 aromatic rings. The normalized spacial score (nSPS) is 53.9. The van der Waals surface area contributed by atoms with E-state index in [-0.39, 0.29) is 6.10 Å². The van der Waals surface area contributed by atoms with Crippen molar-refractivity contribution in [3.05, 3.63) is 23.8 Å². The molecule has 0 aromatic heterocycles. The predicted molar refractivity (Wildman–Crippen MR) is 82.2 cm³/mol. The molecule has 1 nitrogen and oxygen atoms in total. The fourth-order valence-electron chi connectivity index (χ4n) is 6.19. The molecule has 4 aliphatic carbocycles. The summed E-state index contributed by atoms with van der Waals surface area (Å²) in [5.41, 5.74) is 2.48. The Morgan fingerprint density at radius 1 is 1.10 bits per heavy atom. The molecule has 0 saturated heterocycles. The van der Waals surface area contributed by atoms with Gasteiger partial charge in [-0.25, -0.2) is 0 Å². The molecule has 6 atom stereocenters. The van der Waals surface area contributed by atoms with Crippen molar-refractivity contribution in [1.29, 1.82) is 0 Å². The SMILES string of the molecule is CC12CC[C@H](O)C=C1CC[C@@H]1[C@@H]2CC[C@]2(C)C=CC[C@@H]12. The second-order valence-electron chi connectivity index (χ2n) is 8.31. The molecule has 0 aromatic carbocycles. The molecule has 1 heteroatoms. The summed E-state index contributed by atoms with van der Waals surface area (Å²) in [5, 5.41) is 9.96. The molecule has 4 aliphatic rings. The van der Waals surface area contributed by atoms with Gasteiger partial charge in [0.1, 0.15) is 0 Å². The zero-order valence-corrected chi connectivity index (χ0v) is 12.9. The lowest BCUT2D eigenvalue weighted by molar-refractivity contribution is -0.0309. The van der Waals surface area contributed by atoms with Crippen molar-refractivity contribution in [3.63, 3.8) is 0 Å². The van der Waals surface area contributed by atoms with Gasteiger partial charge in [0.2, 0.25) is 0 Å². The van der Waals surface area contributed by atoms with Gasteiger partial charge in [-0.3, -0.25) is 0 Å². The highest BCUT2D eigenvalue weighted by molar-refractivity contribution is 5.26. The molecule has 110 valence electrons. The topological polar surface area (TPSA) is 20.2 Å². The summed E-state index contributed by atoms with van der Waals surface area (Å²) in [5.74, 6) is 2.68. The van der Waals surface area contributed by atoms with E-state index in [1.807, 2.05) is 0 Å². The number of allylic oxidation sites excluding steroid dienone is 3. The largest absolute Gasteiger partial charge is 0.389 e. The number of hydrogen-bond donors (Lipinski definition) is 1. The van der Waals surface area contributed by atoms with Crippen LogP contribution in [0, 0.1) is 28.6 Å². The van der Waals surface area contributed by atoms with Crippen molar-refractivity contribution in [2.75, 3.05) is 0 Å². The first-order valence-electron chi connectivity index (χ1n) is 8.60. The summed E-state index contributed by atoms with van der Waals surface area (Å²) >= 11 is 0. The molecule has 1 N–H and O–H groups in total. The molecule has 0 bridgehead atoms. The van der Waals surface area contributed by atoms with Crippen LogP contribution in [0.2, 0.25) is 0 Å². The van der Waals surface area contributed by atoms with E-state index in [4.69, 9.17) is 0 Å². The number of aliphatic hydroxyl groups is 1. The van der Waals surface area contributed by atoms with Gasteiger partial charge < -0.3 is 5.11 Å². The van der Waals surface area contributed by atoms with Crippen LogP contribution in [0.3, 0.4) is 0 Å². The maximum absolute atomic E-state index is 9.96. The Kier molecular flexibility index (Phi) is 2.77. The Balaban J connectivity index is 1.68. The highest BCUT2D eigenvalue weighted by Gasteiger charge is 2.54. The van der Waals surface area contributed by atoms with E-state index in [0.29, 0.717) is 10.8 Å². The van der Waals surface area contributed by atoms with Crippen LogP contribution in [0.1, 0.15) is 58.8 Å². The van der Waals surface area contributed by atoms with Gasteiger partial charge in [0, 0.05) is 0 Å². The van der Waals surface area contributed by atoms with E-state index in [1.54, 1.807) is 5.57 Å². The summed E-state index contributed by atoms with van der Waals surface area (Å²) in [6.45, 7) is 5.00. The number of aliphatic hydroxyl groups excluding tert-OH is 1. The van der Waals surface area contributed by atoms with Crippen LogP contribution in [0.4, 0.5) is 0 Å². The van der Waals surface area contributed by atoms with E-state index < -0.39 is 0 Å². The van der Waals surface area contributed by atoms with Gasteiger partial charge in [0.25, 0.3) is 0 Å². The fourth-order valence-corrected chi connectivity index (χ4v) is 6.19. The third-order valence-electron chi connectivity index (χ3n) is 7.42. The van der Waals surface area contributed by atoms with Gasteiger partial charge in [0.15, 0.2) is 0 Å². The predicted octanol–water partition coefficient (Wildman–Crippen LogP) is 4.48. The molecule has 2 saturated carbocycles. The van der Waals surface area contributed by atoms with Crippen molar-refractivity contribution in [3.8, 4) is 0 Å². The highest BCUT2D eigenvalue weighted by atomic mass is 16.3. The van der Waals surface area contributed by atoms with E-state index in [1.165, 1.54) is 38.5 Å². The minimum Gasteiger partial charge on any atom is -0.389 e. The molecule has 0 amide bonds. The van der Waals surface area contributed by atoms with Crippen LogP contribution < -0.4 is 0 Å². The quantitative estimate of drug-likeness (QED) is 0.645. The Morgan fingerprint density at radius 3 is 2.80 bits per heavy atom.